The Hall–Kier alpha value is -9.54. The average Bonchev–Trinajstić information content (AvgIpc) is 3.52. The zero-order valence-electron chi connectivity index (χ0n) is 41.9. The standard InChI is InChI=1S/C73H52N2Si/c1-7-27-53(28-8-1)55-47-57(51-61(49-55)74-67-41-21-19-39-65(67)73(59-31-11-3-12-32-59,60-33-13-4-14-34-60)66-40-20-22-42-68(66)74)58-48-56(54-29-9-2-10-30-54)50-62(52-58)75-69-43-23-25-45-71(69)76(63-35-15-5-16-36-63,64-37-17-6-18-38-64)72-46-26-24-44-70(72)75/h1-52H. The van der Waals surface area contributed by atoms with Crippen LogP contribution in [0.3, 0.4) is 0 Å². The van der Waals surface area contributed by atoms with Crippen molar-refractivity contribution in [1.29, 1.82) is 0 Å². The topological polar surface area (TPSA) is 6.48 Å². The van der Waals surface area contributed by atoms with Crippen molar-refractivity contribution < 1.29 is 0 Å². The maximum Gasteiger partial charge on any atom is 0.184 e. The van der Waals surface area contributed by atoms with Crippen molar-refractivity contribution in [2.75, 3.05) is 9.80 Å². The molecule has 2 aliphatic rings. The van der Waals surface area contributed by atoms with Gasteiger partial charge in [0.05, 0.1) is 16.8 Å². The molecule has 2 aliphatic heterocycles. The largest absolute Gasteiger partial charge is 0.311 e. The molecule has 0 amide bonds. The predicted octanol–water partition coefficient (Wildman–Crippen LogP) is 16.0. The van der Waals surface area contributed by atoms with Crippen LogP contribution in [0.1, 0.15) is 22.3 Å². The van der Waals surface area contributed by atoms with E-state index in [1.54, 1.807) is 0 Å². The predicted molar refractivity (Wildman–Crippen MR) is 321 cm³/mol. The third-order valence-electron chi connectivity index (χ3n) is 15.9. The minimum atomic E-state index is -2.84. The highest BCUT2D eigenvalue weighted by atomic mass is 28.3. The number of hydrogen-bond donors (Lipinski definition) is 0. The molecule has 14 rings (SSSR count). The number of anilines is 6. The molecule has 0 bridgehead atoms. The molecule has 0 saturated carbocycles. The molecule has 76 heavy (non-hydrogen) atoms. The quantitative estimate of drug-likeness (QED) is 0.133. The van der Waals surface area contributed by atoms with E-state index >= 15 is 0 Å². The third kappa shape index (κ3) is 7.16. The lowest BCUT2D eigenvalue weighted by atomic mass is 9.62. The summed E-state index contributed by atoms with van der Waals surface area (Å²) in [6.07, 6.45) is 0. The summed E-state index contributed by atoms with van der Waals surface area (Å²) in [6, 6.07) is 117. The number of rotatable bonds is 9. The van der Waals surface area contributed by atoms with Gasteiger partial charge < -0.3 is 9.80 Å². The minimum Gasteiger partial charge on any atom is -0.311 e. The summed E-state index contributed by atoms with van der Waals surface area (Å²) >= 11 is 0. The first-order chi connectivity index (χ1) is 37.7. The lowest BCUT2D eigenvalue weighted by Gasteiger charge is -2.46. The van der Waals surface area contributed by atoms with Crippen LogP contribution < -0.4 is 30.5 Å². The van der Waals surface area contributed by atoms with E-state index in [1.165, 1.54) is 54.4 Å². The van der Waals surface area contributed by atoms with Crippen molar-refractivity contribution in [2.45, 2.75) is 5.41 Å². The Morgan fingerprint density at radius 2 is 0.526 bits per heavy atom. The lowest BCUT2D eigenvalue weighted by molar-refractivity contribution is 0.731. The summed E-state index contributed by atoms with van der Waals surface area (Å²) in [7, 11) is -2.84. The normalized spacial score (nSPS) is 13.7. The molecule has 358 valence electrons. The monoisotopic (exact) mass is 984 g/mol. The second-order valence-electron chi connectivity index (χ2n) is 20.0. The first kappa shape index (κ1) is 45.1. The molecular weight excluding hydrogens is 933 g/mol. The third-order valence-corrected chi connectivity index (χ3v) is 20.8. The summed E-state index contributed by atoms with van der Waals surface area (Å²) in [6.45, 7) is 0. The van der Waals surface area contributed by atoms with Crippen LogP contribution in [-0.2, 0) is 5.41 Å². The molecule has 0 aliphatic carbocycles. The van der Waals surface area contributed by atoms with Crippen LogP contribution in [0.25, 0.3) is 33.4 Å². The van der Waals surface area contributed by atoms with E-state index in [0.717, 1.165) is 56.1 Å². The Labute approximate surface area is 446 Å². The molecule has 12 aromatic carbocycles. The van der Waals surface area contributed by atoms with Crippen molar-refractivity contribution >= 4 is 62.9 Å². The first-order valence-corrected chi connectivity index (χ1v) is 28.3. The Bertz CT molecular complexity index is 3600. The second-order valence-corrected chi connectivity index (χ2v) is 23.7. The van der Waals surface area contributed by atoms with Crippen LogP contribution in [-0.4, -0.2) is 8.07 Å². The van der Waals surface area contributed by atoms with Gasteiger partial charge in [0.1, 0.15) is 0 Å². The van der Waals surface area contributed by atoms with Gasteiger partial charge in [-0.15, -0.1) is 0 Å². The van der Waals surface area contributed by atoms with Crippen molar-refractivity contribution in [2.24, 2.45) is 0 Å². The van der Waals surface area contributed by atoms with Gasteiger partial charge in [0.15, 0.2) is 8.07 Å². The zero-order valence-corrected chi connectivity index (χ0v) is 42.9. The summed E-state index contributed by atoms with van der Waals surface area (Å²) in [5.41, 5.74) is 18.2. The van der Waals surface area contributed by atoms with E-state index in [9.17, 15) is 0 Å². The van der Waals surface area contributed by atoms with Crippen LogP contribution in [0.2, 0.25) is 0 Å². The summed E-state index contributed by atoms with van der Waals surface area (Å²) in [4.78, 5) is 5.06. The van der Waals surface area contributed by atoms with Crippen LogP contribution in [0.15, 0.2) is 315 Å². The van der Waals surface area contributed by atoms with Crippen LogP contribution in [0, 0.1) is 0 Å². The highest BCUT2D eigenvalue weighted by Crippen LogP contribution is 2.58. The summed E-state index contributed by atoms with van der Waals surface area (Å²) < 4.78 is 0. The molecule has 0 aromatic heterocycles. The maximum absolute atomic E-state index is 2.84. The molecule has 3 heteroatoms. The number of hydrogen-bond acceptors (Lipinski definition) is 2. The summed E-state index contributed by atoms with van der Waals surface area (Å²) in [5, 5.41) is 5.48. The van der Waals surface area contributed by atoms with Crippen molar-refractivity contribution in [3.8, 4) is 33.4 Å². The average molecular weight is 985 g/mol. The smallest absolute Gasteiger partial charge is 0.184 e. The highest BCUT2D eigenvalue weighted by Gasteiger charge is 2.49. The van der Waals surface area contributed by atoms with Crippen LogP contribution in [0.5, 0.6) is 0 Å². The molecule has 0 unspecified atom stereocenters. The zero-order chi connectivity index (χ0) is 50.5. The first-order valence-electron chi connectivity index (χ1n) is 26.3. The Morgan fingerprint density at radius 1 is 0.237 bits per heavy atom. The highest BCUT2D eigenvalue weighted by molar-refractivity contribution is 7.21. The molecular formula is C73H52N2Si. The van der Waals surface area contributed by atoms with Crippen molar-refractivity contribution in [3.05, 3.63) is 338 Å². The number of para-hydroxylation sites is 4. The van der Waals surface area contributed by atoms with E-state index in [1.807, 2.05) is 0 Å². The van der Waals surface area contributed by atoms with E-state index in [2.05, 4.69) is 325 Å². The fourth-order valence-electron chi connectivity index (χ4n) is 12.8. The lowest BCUT2D eigenvalue weighted by Crippen LogP contribution is -2.77. The van der Waals surface area contributed by atoms with Crippen molar-refractivity contribution in [1.82, 2.24) is 0 Å². The number of nitrogens with zero attached hydrogens (tertiary/aromatic N) is 2. The van der Waals surface area contributed by atoms with E-state index in [-0.39, 0.29) is 0 Å². The SMILES string of the molecule is c1ccc(-c2cc(-c3cc(-c4ccccc4)cc(N4c5ccccc5[Si](c5ccccc5)(c5ccccc5)c5ccccc54)c3)cc(N3c4ccccc4C(c4ccccc4)(c4ccccc4)c4ccccc43)c2)cc1. The minimum absolute atomic E-state index is 0.576. The molecule has 12 aromatic rings. The second kappa shape index (κ2) is 18.7. The Morgan fingerprint density at radius 3 is 0.921 bits per heavy atom. The molecule has 2 nitrogen and oxygen atoms in total. The number of fused-ring (bicyclic) bond motifs is 4. The van der Waals surface area contributed by atoms with Gasteiger partial charge in [-0.3, -0.25) is 0 Å². The van der Waals surface area contributed by atoms with Gasteiger partial charge in [-0.25, -0.2) is 0 Å². The van der Waals surface area contributed by atoms with Gasteiger partial charge in [-0.05, 0) is 137 Å². The Balaban J connectivity index is 1.02. The molecule has 0 N–H and O–H groups in total. The molecule has 0 fully saturated rings. The molecule has 0 atom stereocenters. The van der Waals surface area contributed by atoms with Gasteiger partial charge in [-0.2, -0.15) is 0 Å². The molecule has 0 spiro atoms. The molecule has 0 radical (unpaired) electrons. The molecule has 0 saturated heterocycles. The van der Waals surface area contributed by atoms with Gasteiger partial charge in [-0.1, -0.05) is 255 Å². The van der Waals surface area contributed by atoms with Gasteiger partial charge >= 0.3 is 0 Å². The fraction of sp³-hybridized carbons (Fsp3) is 0.0137. The van der Waals surface area contributed by atoms with E-state index < -0.39 is 13.5 Å². The van der Waals surface area contributed by atoms with Crippen molar-refractivity contribution in [3.63, 3.8) is 0 Å². The molecule has 2 heterocycles. The number of benzene rings is 12. The van der Waals surface area contributed by atoms with Crippen LogP contribution in [0.4, 0.5) is 34.1 Å². The van der Waals surface area contributed by atoms with Gasteiger partial charge in [0.2, 0.25) is 0 Å². The van der Waals surface area contributed by atoms with Gasteiger partial charge in [0, 0.05) is 22.7 Å². The van der Waals surface area contributed by atoms with E-state index in [0.29, 0.717) is 0 Å². The Kier molecular flexibility index (Phi) is 11.1. The van der Waals surface area contributed by atoms with E-state index in [4.69, 9.17) is 0 Å². The summed E-state index contributed by atoms with van der Waals surface area (Å²) in [5.74, 6) is 0. The maximum atomic E-state index is 2.55. The fourth-order valence-corrected chi connectivity index (χ4v) is 17.9. The van der Waals surface area contributed by atoms with Crippen LogP contribution >= 0.6 is 0 Å². The van der Waals surface area contributed by atoms with Gasteiger partial charge in [0.25, 0.3) is 0 Å².